The van der Waals surface area contributed by atoms with E-state index in [1.165, 1.54) is 27.7 Å². The average Bonchev–Trinajstić information content (AvgIpc) is 3.05. The highest BCUT2D eigenvalue weighted by Crippen LogP contribution is 2.35. The van der Waals surface area contributed by atoms with E-state index in [1.807, 2.05) is 19.1 Å². The summed E-state index contributed by atoms with van der Waals surface area (Å²) in [6.07, 6.45) is 1.02. The van der Waals surface area contributed by atoms with Crippen LogP contribution in [0.4, 0.5) is 0 Å². The first-order valence-electron chi connectivity index (χ1n) is 9.89. The number of hydrogen-bond acceptors (Lipinski definition) is 3. The van der Waals surface area contributed by atoms with Gasteiger partial charge in [-0.2, -0.15) is 0 Å². The van der Waals surface area contributed by atoms with Gasteiger partial charge in [-0.25, -0.2) is 0 Å². The zero-order chi connectivity index (χ0) is 18.8. The lowest BCUT2D eigenvalue weighted by Gasteiger charge is -2.25. The number of aromatic nitrogens is 1. The summed E-state index contributed by atoms with van der Waals surface area (Å²) in [5, 5.41) is 4.94. The van der Waals surface area contributed by atoms with E-state index < -0.39 is 0 Å². The van der Waals surface area contributed by atoms with Crippen molar-refractivity contribution in [3.05, 3.63) is 59.3 Å². The van der Waals surface area contributed by atoms with Crippen LogP contribution in [0, 0.1) is 5.92 Å². The molecule has 0 aliphatic carbocycles. The Morgan fingerprint density at radius 3 is 2.74 bits per heavy atom. The molecule has 4 nitrogen and oxygen atoms in total. The van der Waals surface area contributed by atoms with E-state index >= 15 is 0 Å². The molecule has 0 bridgehead atoms. The van der Waals surface area contributed by atoms with Gasteiger partial charge in [0.1, 0.15) is 11.5 Å². The monoisotopic (exact) mass is 364 g/mol. The van der Waals surface area contributed by atoms with Gasteiger partial charge in [0, 0.05) is 23.1 Å². The molecule has 0 fully saturated rings. The molecule has 2 aromatic carbocycles. The van der Waals surface area contributed by atoms with E-state index in [9.17, 15) is 0 Å². The highest BCUT2D eigenvalue weighted by molar-refractivity contribution is 5.86. The average molecular weight is 364 g/mol. The molecule has 0 saturated carbocycles. The van der Waals surface area contributed by atoms with Crippen LogP contribution >= 0.6 is 0 Å². The molecule has 1 unspecified atom stereocenters. The molecule has 0 amide bonds. The van der Waals surface area contributed by atoms with Gasteiger partial charge in [-0.1, -0.05) is 26.0 Å². The maximum absolute atomic E-state index is 5.93. The van der Waals surface area contributed by atoms with Crippen LogP contribution < -0.4 is 14.8 Å². The molecule has 4 heteroatoms. The molecule has 0 spiro atoms. The van der Waals surface area contributed by atoms with Crippen LogP contribution in [0.25, 0.3) is 10.9 Å². The molecule has 1 aliphatic heterocycles. The fraction of sp³-hybridized carbons (Fsp3) is 0.391. The number of ether oxygens (including phenoxy) is 2. The van der Waals surface area contributed by atoms with Gasteiger partial charge in [-0.3, -0.25) is 0 Å². The van der Waals surface area contributed by atoms with Crippen LogP contribution in [-0.4, -0.2) is 24.7 Å². The number of benzene rings is 2. The van der Waals surface area contributed by atoms with Crippen molar-refractivity contribution < 1.29 is 9.47 Å². The van der Waals surface area contributed by atoms with Crippen molar-refractivity contribution in [2.75, 3.05) is 19.8 Å². The van der Waals surface area contributed by atoms with E-state index in [1.54, 1.807) is 0 Å². The predicted octanol–water partition coefficient (Wildman–Crippen LogP) is 4.84. The van der Waals surface area contributed by atoms with Crippen molar-refractivity contribution in [3.63, 3.8) is 0 Å². The molecule has 0 saturated heterocycles. The Kier molecular flexibility index (Phi) is 5.08. The van der Waals surface area contributed by atoms with Gasteiger partial charge in [-0.15, -0.1) is 0 Å². The summed E-state index contributed by atoms with van der Waals surface area (Å²) in [4.78, 5) is 3.64. The van der Waals surface area contributed by atoms with Gasteiger partial charge in [0.15, 0.2) is 0 Å². The molecule has 1 aliphatic rings. The second-order valence-electron chi connectivity index (χ2n) is 7.57. The molecule has 2 heterocycles. The lowest BCUT2D eigenvalue weighted by Crippen LogP contribution is -2.30. The first kappa shape index (κ1) is 17.9. The summed E-state index contributed by atoms with van der Waals surface area (Å²) in [5.74, 6) is 2.39. The van der Waals surface area contributed by atoms with Crippen LogP contribution in [0.15, 0.2) is 42.5 Å². The Bertz CT molecular complexity index is 929. The minimum absolute atomic E-state index is 0.152. The number of H-pyrrole nitrogens is 1. The summed E-state index contributed by atoms with van der Waals surface area (Å²) in [7, 11) is 0. The van der Waals surface area contributed by atoms with Crippen LogP contribution in [0.5, 0.6) is 11.5 Å². The molecule has 1 aromatic heterocycles. The van der Waals surface area contributed by atoms with Gasteiger partial charge in [0.2, 0.25) is 0 Å². The van der Waals surface area contributed by atoms with Gasteiger partial charge in [0.25, 0.3) is 0 Å². The highest BCUT2D eigenvalue weighted by Gasteiger charge is 2.25. The first-order chi connectivity index (χ1) is 13.2. The summed E-state index contributed by atoms with van der Waals surface area (Å²) in [6, 6.07) is 14.9. The Labute approximate surface area is 160 Å². The van der Waals surface area contributed by atoms with Crippen LogP contribution in [0.2, 0.25) is 0 Å². The predicted molar refractivity (Wildman–Crippen MR) is 110 cm³/mol. The van der Waals surface area contributed by atoms with Crippen LogP contribution in [-0.2, 0) is 6.42 Å². The van der Waals surface area contributed by atoms with Gasteiger partial charge >= 0.3 is 0 Å². The van der Waals surface area contributed by atoms with Gasteiger partial charge in [-0.05, 0) is 60.7 Å². The normalized spacial score (nSPS) is 16.5. The number of fused-ring (bicyclic) bond motifs is 3. The SMILES string of the molecule is CCOc1ccc2[nH]c3c(c2c1)CCNC3c1cccc(OCC(C)C)c1. The fourth-order valence-corrected chi connectivity index (χ4v) is 3.79. The van der Waals surface area contributed by atoms with Crippen LogP contribution in [0.1, 0.15) is 43.6 Å². The topological polar surface area (TPSA) is 46.3 Å². The van der Waals surface area contributed by atoms with Crippen molar-refractivity contribution in [1.29, 1.82) is 0 Å². The van der Waals surface area contributed by atoms with E-state index in [0.29, 0.717) is 12.5 Å². The fourth-order valence-electron chi connectivity index (χ4n) is 3.79. The molecule has 4 rings (SSSR count). The summed E-state index contributed by atoms with van der Waals surface area (Å²) in [6.45, 7) is 8.73. The van der Waals surface area contributed by atoms with E-state index in [0.717, 1.165) is 31.1 Å². The zero-order valence-corrected chi connectivity index (χ0v) is 16.3. The Morgan fingerprint density at radius 2 is 1.93 bits per heavy atom. The van der Waals surface area contributed by atoms with Crippen molar-refractivity contribution in [1.82, 2.24) is 10.3 Å². The number of hydrogen-bond donors (Lipinski definition) is 2. The molecular weight excluding hydrogens is 336 g/mol. The molecular formula is C23H28N2O2. The zero-order valence-electron chi connectivity index (χ0n) is 16.3. The third-order valence-corrected chi connectivity index (χ3v) is 5.01. The number of rotatable bonds is 6. The summed E-state index contributed by atoms with van der Waals surface area (Å²) in [5.41, 5.74) is 5.05. The Balaban J connectivity index is 1.69. The second kappa shape index (κ2) is 7.65. The first-order valence-corrected chi connectivity index (χ1v) is 9.89. The summed E-state index contributed by atoms with van der Waals surface area (Å²) >= 11 is 0. The smallest absolute Gasteiger partial charge is 0.120 e. The van der Waals surface area contributed by atoms with Crippen molar-refractivity contribution in [3.8, 4) is 11.5 Å². The van der Waals surface area contributed by atoms with Crippen molar-refractivity contribution in [2.24, 2.45) is 5.92 Å². The third kappa shape index (κ3) is 3.67. The minimum Gasteiger partial charge on any atom is -0.494 e. The van der Waals surface area contributed by atoms with E-state index in [2.05, 4.69) is 54.5 Å². The maximum Gasteiger partial charge on any atom is 0.120 e. The second-order valence-corrected chi connectivity index (χ2v) is 7.57. The quantitative estimate of drug-likeness (QED) is 0.658. The third-order valence-electron chi connectivity index (χ3n) is 5.01. The minimum atomic E-state index is 0.152. The number of aromatic amines is 1. The lowest BCUT2D eigenvalue weighted by atomic mass is 9.94. The Hall–Kier alpha value is -2.46. The van der Waals surface area contributed by atoms with E-state index in [4.69, 9.17) is 9.47 Å². The van der Waals surface area contributed by atoms with Gasteiger partial charge in [0.05, 0.1) is 19.3 Å². The van der Waals surface area contributed by atoms with E-state index in [-0.39, 0.29) is 6.04 Å². The molecule has 142 valence electrons. The van der Waals surface area contributed by atoms with Gasteiger partial charge < -0.3 is 19.8 Å². The molecule has 2 N–H and O–H groups in total. The Morgan fingerprint density at radius 1 is 1.07 bits per heavy atom. The van der Waals surface area contributed by atoms with Crippen LogP contribution in [0.3, 0.4) is 0 Å². The largest absolute Gasteiger partial charge is 0.494 e. The maximum atomic E-state index is 5.93. The molecule has 3 aromatic rings. The summed E-state index contributed by atoms with van der Waals surface area (Å²) < 4.78 is 11.6. The lowest BCUT2D eigenvalue weighted by molar-refractivity contribution is 0.270. The standard InChI is InChI=1S/C23H28N2O2/c1-4-26-18-8-9-21-20(13-18)19-10-11-24-22(23(19)25-21)16-6-5-7-17(12-16)27-14-15(2)3/h5-9,12-13,15,22,24-25H,4,10-11,14H2,1-3H3. The van der Waals surface area contributed by atoms with Crippen molar-refractivity contribution >= 4 is 10.9 Å². The number of nitrogens with one attached hydrogen (secondary N) is 2. The molecule has 1 atom stereocenters. The van der Waals surface area contributed by atoms with Crippen molar-refractivity contribution in [2.45, 2.75) is 33.2 Å². The molecule has 0 radical (unpaired) electrons. The highest BCUT2D eigenvalue weighted by atomic mass is 16.5. The molecule has 27 heavy (non-hydrogen) atoms.